The minimum Gasteiger partial charge on any atom is -0.491 e. The fourth-order valence-corrected chi connectivity index (χ4v) is 1.50. The van der Waals surface area contributed by atoms with Gasteiger partial charge in [-0.25, -0.2) is 4.98 Å². The first-order valence-corrected chi connectivity index (χ1v) is 5.25. The van der Waals surface area contributed by atoms with Crippen molar-refractivity contribution in [2.45, 2.75) is 6.92 Å². The molecule has 0 bridgehead atoms. The van der Waals surface area contributed by atoms with Crippen molar-refractivity contribution in [1.29, 1.82) is 0 Å². The number of hydrogen-bond donors (Lipinski definition) is 0. The Labute approximate surface area is 94.7 Å². The fourth-order valence-electron chi connectivity index (χ4n) is 1.50. The van der Waals surface area contributed by atoms with Crippen LogP contribution in [0.4, 0.5) is 5.69 Å². The van der Waals surface area contributed by atoms with Gasteiger partial charge in [0, 0.05) is 7.05 Å². The minimum absolute atomic E-state index is 0.474. The van der Waals surface area contributed by atoms with Gasteiger partial charge in [-0.05, 0) is 6.92 Å². The molecule has 0 saturated carbocycles. The summed E-state index contributed by atoms with van der Waals surface area (Å²) < 4.78 is 10.7. The van der Waals surface area contributed by atoms with Crippen molar-refractivity contribution in [3.05, 3.63) is 18.6 Å². The normalized spacial score (nSPS) is 14.0. The third-order valence-electron chi connectivity index (χ3n) is 2.38. The predicted octanol–water partition coefficient (Wildman–Crippen LogP) is 1.31. The lowest BCUT2D eigenvalue weighted by Crippen LogP contribution is -2.29. The Morgan fingerprint density at radius 3 is 3.25 bits per heavy atom. The van der Waals surface area contributed by atoms with Crippen LogP contribution in [-0.2, 0) is 4.74 Å². The van der Waals surface area contributed by atoms with Crippen LogP contribution in [0, 0.1) is 0 Å². The number of aromatic nitrogens is 2. The van der Waals surface area contributed by atoms with Gasteiger partial charge in [0.15, 0.2) is 11.6 Å². The second-order valence-electron chi connectivity index (χ2n) is 3.51. The Bertz CT molecular complexity index is 406. The second kappa shape index (κ2) is 4.38. The maximum Gasteiger partial charge on any atom is 0.241 e. The van der Waals surface area contributed by atoms with E-state index in [0.29, 0.717) is 30.7 Å². The van der Waals surface area contributed by atoms with Crippen LogP contribution in [0.25, 0.3) is 5.76 Å². The summed E-state index contributed by atoms with van der Waals surface area (Å²) in [6, 6.07) is 0. The summed E-state index contributed by atoms with van der Waals surface area (Å²) >= 11 is 0. The molecule has 1 aromatic heterocycles. The lowest BCUT2D eigenvalue weighted by Gasteiger charge is -2.26. The Hall–Kier alpha value is -1.78. The summed E-state index contributed by atoms with van der Waals surface area (Å²) in [6.45, 7) is 7.71. The Kier molecular flexibility index (Phi) is 2.94. The van der Waals surface area contributed by atoms with E-state index >= 15 is 0 Å². The molecule has 2 heterocycles. The van der Waals surface area contributed by atoms with Crippen molar-refractivity contribution in [2.75, 3.05) is 31.7 Å². The molecule has 5 heteroatoms. The highest BCUT2D eigenvalue weighted by Gasteiger charge is 2.18. The van der Waals surface area contributed by atoms with E-state index in [1.54, 1.807) is 6.20 Å². The van der Waals surface area contributed by atoms with Crippen LogP contribution in [0.3, 0.4) is 0 Å². The second-order valence-corrected chi connectivity index (χ2v) is 3.51. The van der Waals surface area contributed by atoms with Crippen molar-refractivity contribution in [3.8, 4) is 5.88 Å². The summed E-state index contributed by atoms with van der Waals surface area (Å²) in [5, 5.41) is 0. The molecule has 1 aromatic rings. The van der Waals surface area contributed by atoms with Gasteiger partial charge in [0.1, 0.15) is 12.3 Å². The summed E-state index contributed by atoms with van der Waals surface area (Å²) in [5.74, 6) is 1.55. The van der Waals surface area contributed by atoms with Crippen LogP contribution in [0.2, 0.25) is 0 Å². The summed E-state index contributed by atoms with van der Waals surface area (Å²) in [6.07, 6.45) is 1.74. The van der Waals surface area contributed by atoms with Gasteiger partial charge >= 0.3 is 0 Å². The average molecular weight is 221 g/mol. The first kappa shape index (κ1) is 10.7. The third kappa shape index (κ3) is 1.93. The number of rotatable bonds is 3. The van der Waals surface area contributed by atoms with E-state index in [9.17, 15) is 0 Å². The zero-order valence-electron chi connectivity index (χ0n) is 9.56. The van der Waals surface area contributed by atoms with Crippen molar-refractivity contribution in [3.63, 3.8) is 0 Å². The molecule has 1 aliphatic rings. The third-order valence-corrected chi connectivity index (χ3v) is 2.38. The first-order chi connectivity index (χ1) is 7.72. The van der Waals surface area contributed by atoms with Gasteiger partial charge in [0.25, 0.3) is 0 Å². The Balaban J connectivity index is 2.28. The van der Waals surface area contributed by atoms with Crippen molar-refractivity contribution in [1.82, 2.24) is 9.97 Å². The minimum atomic E-state index is 0.474. The molecule has 0 amide bonds. The molecule has 5 nitrogen and oxygen atoms in total. The van der Waals surface area contributed by atoms with Crippen LogP contribution in [-0.4, -0.2) is 36.8 Å². The van der Waals surface area contributed by atoms with E-state index < -0.39 is 0 Å². The van der Waals surface area contributed by atoms with Crippen molar-refractivity contribution < 1.29 is 9.47 Å². The lowest BCUT2D eigenvalue weighted by atomic mass is 10.3. The molecule has 0 spiro atoms. The SMILES string of the molecule is C=C(OCC)c1ncc2c(n1)OCCN2C. The molecule has 1 aliphatic heterocycles. The Morgan fingerprint density at radius 2 is 2.50 bits per heavy atom. The monoisotopic (exact) mass is 221 g/mol. The van der Waals surface area contributed by atoms with Crippen LogP contribution in [0.15, 0.2) is 12.8 Å². The maximum atomic E-state index is 5.47. The van der Waals surface area contributed by atoms with E-state index in [-0.39, 0.29) is 0 Å². The van der Waals surface area contributed by atoms with E-state index in [1.165, 1.54) is 0 Å². The van der Waals surface area contributed by atoms with Crippen LogP contribution in [0.1, 0.15) is 12.7 Å². The summed E-state index contributed by atoms with van der Waals surface area (Å²) in [4.78, 5) is 10.5. The molecule has 0 N–H and O–H groups in total. The van der Waals surface area contributed by atoms with E-state index in [4.69, 9.17) is 9.47 Å². The topological polar surface area (TPSA) is 47.5 Å². The Morgan fingerprint density at radius 1 is 1.69 bits per heavy atom. The van der Waals surface area contributed by atoms with Gasteiger partial charge in [-0.3, -0.25) is 0 Å². The van der Waals surface area contributed by atoms with Gasteiger partial charge in [-0.1, -0.05) is 6.58 Å². The predicted molar refractivity (Wildman–Crippen MR) is 61.5 cm³/mol. The number of ether oxygens (including phenoxy) is 2. The molecule has 0 saturated heterocycles. The highest BCUT2D eigenvalue weighted by molar-refractivity contribution is 5.58. The standard InChI is InChI=1S/C11H15N3O2/c1-4-15-8(2)10-12-7-9-11(13-10)16-6-5-14(9)3/h7H,2,4-6H2,1,3H3. The maximum absolute atomic E-state index is 5.47. The fraction of sp³-hybridized carbons (Fsp3) is 0.455. The molecule has 0 aliphatic carbocycles. The van der Waals surface area contributed by atoms with Gasteiger partial charge in [0.2, 0.25) is 5.88 Å². The first-order valence-electron chi connectivity index (χ1n) is 5.25. The summed E-state index contributed by atoms with van der Waals surface area (Å²) in [5.41, 5.74) is 0.902. The average Bonchev–Trinajstić information content (AvgIpc) is 2.29. The van der Waals surface area contributed by atoms with Crippen LogP contribution < -0.4 is 9.64 Å². The van der Waals surface area contributed by atoms with Gasteiger partial charge in [-0.2, -0.15) is 4.98 Å². The molecular weight excluding hydrogens is 206 g/mol. The molecule has 86 valence electrons. The number of nitrogens with zero attached hydrogens (tertiary/aromatic N) is 3. The molecule has 0 unspecified atom stereocenters. The number of fused-ring (bicyclic) bond motifs is 1. The van der Waals surface area contributed by atoms with Crippen LogP contribution in [0.5, 0.6) is 5.88 Å². The zero-order chi connectivity index (χ0) is 11.5. The molecule has 0 fully saturated rings. The quantitative estimate of drug-likeness (QED) is 0.720. The molecule has 2 rings (SSSR count). The molecule has 0 aromatic carbocycles. The highest BCUT2D eigenvalue weighted by atomic mass is 16.5. The number of likely N-dealkylation sites (N-methyl/N-ethyl adjacent to an activating group) is 1. The van der Waals surface area contributed by atoms with Gasteiger partial charge < -0.3 is 14.4 Å². The van der Waals surface area contributed by atoms with E-state index in [2.05, 4.69) is 21.4 Å². The van der Waals surface area contributed by atoms with Crippen LogP contribution >= 0.6 is 0 Å². The molecular formula is C11H15N3O2. The van der Waals surface area contributed by atoms with Crippen molar-refractivity contribution in [2.24, 2.45) is 0 Å². The van der Waals surface area contributed by atoms with Gasteiger partial charge in [-0.15, -0.1) is 0 Å². The van der Waals surface area contributed by atoms with Gasteiger partial charge in [0.05, 0.1) is 19.3 Å². The lowest BCUT2D eigenvalue weighted by molar-refractivity contribution is 0.286. The largest absolute Gasteiger partial charge is 0.491 e. The number of hydrogen-bond acceptors (Lipinski definition) is 5. The van der Waals surface area contributed by atoms with E-state index in [1.807, 2.05) is 14.0 Å². The molecule has 0 radical (unpaired) electrons. The van der Waals surface area contributed by atoms with E-state index in [0.717, 1.165) is 12.2 Å². The highest BCUT2D eigenvalue weighted by Crippen LogP contribution is 2.28. The van der Waals surface area contributed by atoms with Crippen molar-refractivity contribution >= 4 is 11.4 Å². The summed E-state index contributed by atoms with van der Waals surface area (Å²) in [7, 11) is 1.99. The zero-order valence-corrected chi connectivity index (χ0v) is 9.56. The smallest absolute Gasteiger partial charge is 0.241 e. The molecule has 16 heavy (non-hydrogen) atoms. The molecule has 0 atom stereocenters. The number of anilines is 1.